The lowest BCUT2D eigenvalue weighted by molar-refractivity contribution is 0.286. The third kappa shape index (κ3) is 4.17. The van der Waals surface area contributed by atoms with Crippen LogP contribution in [0, 0.1) is 5.92 Å². The summed E-state index contributed by atoms with van der Waals surface area (Å²) in [5, 5.41) is 3.43. The third-order valence-electron chi connectivity index (χ3n) is 3.17. The van der Waals surface area contributed by atoms with Crippen LogP contribution >= 0.6 is 0 Å². The molecule has 1 aromatic rings. The van der Waals surface area contributed by atoms with Crippen molar-refractivity contribution >= 4 is 0 Å². The van der Waals surface area contributed by atoms with Crippen LogP contribution in [0.1, 0.15) is 38.0 Å². The van der Waals surface area contributed by atoms with Gasteiger partial charge in [-0.2, -0.15) is 0 Å². The van der Waals surface area contributed by atoms with Crippen molar-refractivity contribution in [1.82, 2.24) is 10.2 Å². The minimum absolute atomic E-state index is 0.697. The highest BCUT2D eigenvalue weighted by molar-refractivity contribution is 5.12. The van der Waals surface area contributed by atoms with Gasteiger partial charge < -0.3 is 9.73 Å². The molecule has 2 rings (SSSR count). The molecule has 0 radical (unpaired) electrons. The van der Waals surface area contributed by atoms with E-state index < -0.39 is 0 Å². The molecule has 1 aliphatic rings. The summed E-state index contributed by atoms with van der Waals surface area (Å²) in [6, 6.07) is 2.97. The summed E-state index contributed by atoms with van der Waals surface area (Å²) in [4.78, 5) is 2.38. The van der Waals surface area contributed by atoms with Crippen LogP contribution in [0.5, 0.6) is 0 Å². The molecule has 96 valence electrons. The molecule has 17 heavy (non-hydrogen) atoms. The molecule has 0 spiro atoms. The molecular formula is C14H24N2O. The SMILES string of the molecule is CC(C)CNCc1coc(CN(C)C2CC2)c1. The highest BCUT2D eigenvalue weighted by atomic mass is 16.3. The molecule has 0 bridgehead atoms. The Kier molecular flexibility index (Phi) is 4.24. The lowest BCUT2D eigenvalue weighted by Crippen LogP contribution is -2.19. The summed E-state index contributed by atoms with van der Waals surface area (Å²) < 4.78 is 5.59. The smallest absolute Gasteiger partial charge is 0.118 e. The summed E-state index contributed by atoms with van der Waals surface area (Å²) >= 11 is 0. The zero-order chi connectivity index (χ0) is 12.3. The van der Waals surface area contributed by atoms with Crippen molar-refractivity contribution in [2.75, 3.05) is 13.6 Å². The van der Waals surface area contributed by atoms with E-state index in [1.807, 2.05) is 6.26 Å². The van der Waals surface area contributed by atoms with Gasteiger partial charge in [0.25, 0.3) is 0 Å². The third-order valence-corrected chi connectivity index (χ3v) is 3.17. The van der Waals surface area contributed by atoms with Gasteiger partial charge in [-0.25, -0.2) is 0 Å². The Hall–Kier alpha value is -0.800. The molecule has 3 heteroatoms. The maximum absolute atomic E-state index is 5.59. The molecule has 1 N–H and O–H groups in total. The normalized spacial score (nSPS) is 16.1. The van der Waals surface area contributed by atoms with Crippen molar-refractivity contribution in [3.63, 3.8) is 0 Å². The van der Waals surface area contributed by atoms with Gasteiger partial charge in [-0.15, -0.1) is 0 Å². The van der Waals surface area contributed by atoms with Gasteiger partial charge in [0.1, 0.15) is 5.76 Å². The maximum atomic E-state index is 5.59. The quantitative estimate of drug-likeness (QED) is 0.789. The fraction of sp³-hybridized carbons (Fsp3) is 0.714. The van der Waals surface area contributed by atoms with Crippen LogP contribution in [-0.2, 0) is 13.1 Å². The number of hydrogen-bond acceptors (Lipinski definition) is 3. The van der Waals surface area contributed by atoms with Crippen LogP contribution in [0.15, 0.2) is 16.7 Å². The Morgan fingerprint density at radius 3 is 2.88 bits per heavy atom. The Morgan fingerprint density at radius 1 is 1.47 bits per heavy atom. The van der Waals surface area contributed by atoms with Crippen LogP contribution in [0.2, 0.25) is 0 Å². The van der Waals surface area contributed by atoms with E-state index in [9.17, 15) is 0 Å². The molecule has 1 aliphatic carbocycles. The summed E-state index contributed by atoms with van der Waals surface area (Å²) in [7, 11) is 2.18. The highest BCUT2D eigenvalue weighted by Crippen LogP contribution is 2.26. The van der Waals surface area contributed by atoms with Crippen LogP contribution in [-0.4, -0.2) is 24.5 Å². The predicted octanol–water partition coefficient (Wildman–Crippen LogP) is 2.62. The second-order valence-corrected chi connectivity index (χ2v) is 5.59. The highest BCUT2D eigenvalue weighted by Gasteiger charge is 2.26. The molecule has 1 aromatic heterocycles. The average Bonchev–Trinajstić information content (AvgIpc) is 3.02. The second-order valence-electron chi connectivity index (χ2n) is 5.59. The average molecular weight is 236 g/mol. The molecular weight excluding hydrogens is 212 g/mol. The minimum atomic E-state index is 0.697. The molecule has 0 aliphatic heterocycles. The van der Waals surface area contributed by atoms with Crippen LogP contribution in [0.4, 0.5) is 0 Å². The van der Waals surface area contributed by atoms with E-state index in [4.69, 9.17) is 4.42 Å². The summed E-state index contributed by atoms with van der Waals surface area (Å²) in [6.45, 7) is 7.35. The van der Waals surface area contributed by atoms with Crippen molar-refractivity contribution in [2.24, 2.45) is 5.92 Å². The molecule has 3 nitrogen and oxygen atoms in total. The van der Waals surface area contributed by atoms with Crippen molar-refractivity contribution in [2.45, 2.75) is 45.8 Å². The Labute approximate surface area is 104 Å². The minimum Gasteiger partial charge on any atom is -0.468 e. The van der Waals surface area contributed by atoms with Crippen molar-refractivity contribution in [3.8, 4) is 0 Å². The topological polar surface area (TPSA) is 28.4 Å². The van der Waals surface area contributed by atoms with E-state index in [0.29, 0.717) is 5.92 Å². The van der Waals surface area contributed by atoms with Crippen LogP contribution < -0.4 is 5.32 Å². The van der Waals surface area contributed by atoms with E-state index in [2.05, 4.69) is 37.2 Å². The predicted molar refractivity (Wildman–Crippen MR) is 69.7 cm³/mol. The lowest BCUT2D eigenvalue weighted by atomic mass is 10.2. The monoisotopic (exact) mass is 236 g/mol. The molecule has 0 atom stereocenters. The molecule has 1 heterocycles. The first-order valence-corrected chi connectivity index (χ1v) is 6.62. The maximum Gasteiger partial charge on any atom is 0.118 e. The first-order valence-electron chi connectivity index (χ1n) is 6.62. The summed E-state index contributed by atoms with van der Waals surface area (Å²) in [5.41, 5.74) is 1.25. The Morgan fingerprint density at radius 2 is 2.24 bits per heavy atom. The van der Waals surface area contributed by atoms with Gasteiger partial charge in [0.05, 0.1) is 12.8 Å². The van der Waals surface area contributed by atoms with Gasteiger partial charge in [-0.1, -0.05) is 13.8 Å². The summed E-state index contributed by atoms with van der Waals surface area (Å²) in [5.74, 6) is 1.78. The molecule has 0 saturated heterocycles. The molecule has 1 saturated carbocycles. The summed E-state index contributed by atoms with van der Waals surface area (Å²) in [6.07, 6.45) is 4.57. The van der Waals surface area contributed by atoms with E-state index in [1.54, 1.807) is 0 Å². The Bertz CT molecular complexity index is 342. The fourth-order valence-corrected chi connectivity index (χ4v) is 2.00. The van der Waals surface area contributed by atoms with E-state index >= 15 is 0 Å². The number of furan rings is 1. The van der Waals surface area contributed by atoms with Gasteiger partial charge in [-0.05, 0) is 38.4 Å². The molecule has 1 fully saturated rings. The van der Waals surface area contributed by atoms with Crippen molar-refractivity contribution in [1.29, 1.82) is 0 Å². The molecule has 0 unspecified atom stereocenters. The largest absolute Gasteiger partial charge is 0.468 e. The molecule has 0 aromatic carbocycles. The number of nitrogens with zero attached hydrogens (tertiary/aromatic N) is 1. The zero-order valence-corrected chi connectivity index (χ0v) is 11.2. The second kappa shape index (κ2) is 5.69. The van der Waals surface area contributed by atoms with Gasteiger partial charge >= 0.3 is 0 Å². The van der Waals surface area contributed by atoms with Gasteiger partial charge in [-0.3, -0.25) is 4.90 Å². The van der Waals surface area contributed by atoms with Gasteiger partial charge in [0, 0.05) is 18.2 Å². The van der Waals surface area contributed by atoms with E-state index in [-0.39, 0.29) is 0 Å². The van der Waals surface area contributed by atoms with Gasteiger partial charge in [0.2, 0.25) is 0 Å². The van der Waals surface area contributed by atoms with Gasteiger partial charge in [0.15, 0.2) is 0 Å². The zero-order valence-electron chi connectivity index (χ0n) is 11.2. The fourth-order valence-electron chi connectivity index (χ4n) is 2.00. The Balaban J connectivity index is 1.74. The standard InChI is InChI=1S/C14H24N2O/c1-11(2)7-15-8-12-6-14(17-10-12)9-16(3)13-4-5-13/h6,10-11,13,15H,4-5,7-9H2,1-3H3. The van der Waals surface area contributed by atoms with E-state index in [1.165, 1.54) is 18.4 Å². The van der Waals surface area contributed by atoms with E-state index in [0.717, 1.165) is 31.4 Å². The first-order chi connectivity index (χ1) is 8.15. The first kappa shape index (κ1) is 12.7. The number of rotatable bonds is 7. The van der Waals surface area contributed by atoms with Crippen LogP contribution in [0.3, 0.4) is 0 Å². The van der Waals surface area contributed by atoms with Crippen LogP contribution in [0.25, 0.3) is 0 Å². The number of nitrogens with one attached hydrogen (secondary N) is 1. The van der Waals surface area contributed by atoms with Crippen molar-refractivity contribution in [3.05, 3.63) is 23.7 Å². The number of hydrogen-bond donors (Lipinski definition) is 1. The van der Waals surface area contributed by atoms with Crippen molar-refractivity contribution < 1.29 is 4.42 Å². The lowest BCUT2D eigenvalue weighted by Gasteiger charge is -2.12. The molecule has 0 amide bonds.